The second kappa shape index (κ2) is 16.7. The Labute approximate surface area is 387 Å². The molecule has 12 aromatic rings. The van der Waals surface area contributed by atoms with E-state index in [0.717, 1.165) is 33.7 Å². The van der Waals surface area contributed by atoms with Crippen molar-refractivity contribution in [3.63, 3.8) is 0 Å². The van der Waals surface area contributed by atoms with Gasteiger partial charge in [-0.05, 0) is 128 Å². The molecule has 0 atom stereocenters. The Kier molecular flexibility index (Phi) is 9.97. The van der Waals surface area contributed by atoms with E-state index < -0.39 is 10.0 Å². The van der Waals surface area contributed by atoms with Gasteiger partial charge in [0.25, 0.3) is 0 Å². The van der Waals surface area contributed by atoms with Crippen molar-refractivity contribution in [2.45, 2.75) is 19.6 Å². The van der Waals surface area contributed by atoms with Crippen LogP contribution < -0.4 is 0 Å². The van der Waals surface area contributed by atoms with Crippen LogP contribution in [-0.4, -0.2) is 9.55 Å². The molecule has 2 nitrogen and oxygen atoms in total. The monoisotopic (exact) mass is 860 g/mol. The minimum atomic E-state index is -1.90. The van der Waals surface area contributed by atoms with Gasteiger partial charge in [0, 0.05) is 30.8 Å². The molecule has 0 saturated heterocycles. The van der Waals surface area contributed by atoms with Gasteiger partial charge >= 0.3 is 0 Å². The molecule has 3 heteroatoms. The average Bonchev–Trinajstić information content (AvgIpc) is 3.79. The number of hydrogen-bond donors (Lipinski definition) is 0. The van der Waals surface area contributed by atoms with Crippen LogP contribution in [0.25, 0.3) is 83.0 Å². The quantitative estimate of drug-likeness (QED) is 0.132. The zero-order valence-corrected chi connectivity index (χ0v) is 37.0. The van der Waals surface area contributed by atoms with Crippen molar-refractivity contribution >= 4 is 42.6 Å². The van der Waals surface area contributed by atoms with E-state index in [4.69, 9.17) is 4.98 Å². The van der Waals surface area contributed by atoms with Crippen molar-refractivity contribution < 1.29 is 0 Å². The van der Waals surface area contributed by atoms with Crippen molar-refractivity contribution in [1.29, 1.82) is 0 Å². The second-order valence-electron chi connectivity index (χ2n) is 16.7. The Morgan fingerprint density at radius 3 is 1.15 bits per heavy atom. The van der Waals surface area contributed by atoms with Crippen LogP contribution in [0.15, 0.2) is 287 Å². The first-order chi connectivity index (χ1) is 32.8. The molecule has 0 spiro atoms. The Balaban J connectivity index is 1.04. The van der Waals surface area contributed by atoms with Gasteiger partial charge in [-0.1, -0.05) is 194 Å². The first kappa shape index (κ1) is 39.4. The lowest BCUT2D eigenvalue weighted by Crippen LogP contribution is -2.05. The maximum absolute atomic E-state index is 5.24. The van der Waals surface area contributed by atoms with E-state index in [1.807, 2.05) is 0 Å². The minimum absolute atomic E-state index is 0.928. The summed E-state index contributed by atoms with van der Waals surface area (Å²) in [6, 6.07) is 97.5. The summed E-state index contributed by atoms with van der Waals surface area (Å²) in [4.78, 5) is 10.4. The number of imidazole rings is 1. The van der Waals surface area contributed by atoms with Crippen LogP contribution in [0.3, 0.4) is 0 Å². The lowest BCUT2D eigenvalue weighted by molar-refractivity contribution is 1.10. The number of nitrogens with zero attached hydrogens (tertiary/aromatic N) is 2. The first-order valence-corrected chi connectivity index (χ1v) is 24.2. The van der Waals surface area contributed by atoms with E-state index in [2.05, 4.69) is 271 Å². The molecule has 0 aliphatic rings. The van der Waals surface area contributed by atoms with Gasteiger partial charge in [0.2, 0.25) is 0 Å². The van der Waals surface area contributed by atoms with Crippen molar-refractivity contribution in [2.24, 2.45) is 0 Å². The Morgan fingerprint density at radius 1 is 0.288 bits per heavy atom. The summed E-state index contributed by atoms with van der Waals surface area (Å²) in [7, 11) is -1.90. The van der Waals surface area contributed by atoms with Gasteiger partial charge in [0.15, 0.2) is 0 Å². The Morgan fingerprint density at radius 2 is 0.652 bits per heavy atom. The van der Waals surface area contributed by atoms with E-state index >= 15 is 0 Å². The molecule has 0 aliphatic carbocycles. The van der Waals surface area contributed by atoms with Crippen LogP contribution in [0, 0.1) is 0 Å². The lowest BCUT2D eigenvalue weighted by Gasteiger charge is -2.42. The van der Waals surface area contributed by atoms with Gasteiger partial charge in [-0.15, -0.1) is 10.0 Å². The van der Waals surface area contributed by atoms with Crippen LogP contribution in [-0.2, 0) is 0 Å². The third kappa shape index (κ3) is 6.63. The van der Waals surface area contributed by atoms with Crippen molar-refractivity contribution in [1.82, 2.24) is 9.55 Å². The number of hydrogen-bond acceptors (Lipinski definition) is 1. The van der Waals surface area contributed by atoms with Crippen LogP contribution in [0.4, 0.5) is 0 Å². The fraction of sp³-hybridized carbons (Fsp3) is 0. The van der Waals surface area contributed by atoms with Gasteiger partial charge in [0.1, 0.15) is 5.82 Å². The zero-order valence-electron chi connectivity index (χ0n) is 36.2. The molecule has 0 amide bonds. The van der Waals surface area contributed by atoms with E-state index in [9.17, 15) is 0 Å². The predicted octanol–water partition coefficient (Wildman–Crippen LogP) is 17.3. The molecule has 0 bridgehead atoms. The fourth-order valence-electron chi connectivity index (χ4n) is 9.97. The predicted molar refractivity (Wildman–Crippen MR) is 278 cm³/mol. The Hall–Kier alpha value is -8.24. The topological polar surface area (TPSA) is 17.8 Å². The van der Waals surface area contributed by atoms with Crippen molar-refractivity contribution in [3.05, 3.63) is 267 Å². The van der Waals surface area contributed by atoms with Crippen LogP contribution in [0.1, 0.15) is 0 Å². The molecule has 1 aromatic heterocycles. The molecule has 0 saturated carbocycles. The van der Waals surface area contributed by atoms with E-state index in [-0.39, 0.29) is 0 Å². The van der Waals surface area contributed by atoms with Crippen LogP contribution in [0.5, 0.6) is 0 Å². The van der Waals surface area contributed by atoms with Gasteiger partial charge in [-0.25, -0.2) is 4.98 Å². The summed E-state index contributed by atoms with van der Waals surface area (Å²) in [6.45, 7) is 0. The molecule has 0 radical (unpaired) electrons. The smallest absolute Gasteiger partial charge is 0.145 e. The van der Waals surface area contributed by atoms with Crippen LogP contribution in [0.2, 0.25) is 0 Å². The third-order valence-electron chi connectivity index (χ3n) is 12.9. The van der Waals surface area contributed by atoms with Crippen molar-refractivity contribution in [2.75, 3.05) is 0 Å². The molecular weight excluding hydrogens is 817 g/mol. The van der Waals surface area contributed by atoms with E-state index in [1.54, 1.807) is 0 Å². The normalized spacial score (nSPS) is 11.9. The molecule has 0 fully saturated rings. The van der Waals surface area contributed by atoms with Gasteiger partial charge in [-0.2, -0.15) is 0 Å². The minimum Gasteiger partial charge on any atom is -0.292 e. The van der Waals surface area contributed by atoms with Gasteiger partial charge in [-0.3, -0.25) is 4.57 Å². The summed E-state index contributed by atoms with van der Waals surface area (Å²) in [5, 5.41) is 4.88. The second-order valence-corrected chi connectivity index (χ2v) is 19.8. The maximum atomic E-state index is 5.24. The summed E-state index contributed by atoms with van der Waals surface area (Å²) < 4.78 is 2.30. The van der Waals surface area contributed by atoms with E-state index in [0.29, 0.717) is 0 Å². The Bertz CT molecular complexity index is 3550. The number of fused-ring (bicyclic) bond motifs is 3. The highest BCUT2D eigenvalue weighted by Gasteiger charge is 2.33. The number of rotatable bonds is 9. The highest BCUT2D eigenvalue weighted by atomic mass is 32.3. The molecule has 11 aromatic carbocycles. The van der Waals surface area contributed by atoms with Crippen LogP contribution >= 0.6 is 10.0 Å². The average molecular weight is 861 g/mol. The van der Waals surface area contributed by atoms with E-state index in [1.165, 1.54) is 68.9 Å². The third-order valence-corrected chi connectivity index (χ3v) is 16.8. The highest BCUT2D eigenvalue weighted by molar-refractivity contribution is 8.34. The molecule has 12 rings (SSSR count). The summed E-state index contributed by atoms with van der Waals surface area (Å²) in [6.07, 6.45) is 0. The van der Waals surface area contributed by atoms with Crippen molar-refractivity contribution in [3.8, 4) is 50.5 Å². The van der Waals surface area contributed by atoms with Gasteiger partial charge in [0.05, 0.1) is 11.0 Å². The summed E-state index contributed by atoms with van der Waals surface area (Å²) in [5.74, 6) is 0.928. The lowest BCUT2D eigenvalue weighted by atomic mass is 9.86. The fourth-order valence-corrected chi connectivity index (χ4v) is 13.8. The number of para-hydroxylation sites is 1. The first-order valence-electron chi connectivity index (χ1n) is 22.5. The molecule has 66 heavy (non-hydrogen) atoms. The molecule has 312 valence electrons. The molecule has 0 unspecified atom stereocenters. The maximum Gasteiger partial charge on any atom is 0.145 e. The standard InChI is InChI=1S/C63H44N2S/c1-6-20-45(21-7-1)46-34-39-53(40-35-46)66(51-26-12-4-13-27-51,52-28-14-5-15-29-52)54-41-36-47(37-42-54)61-55-30-16-18-32-57(55)62(58-33-19-17-31-56(58)61)49-38-43-59-60(44-49)65(50-24-10-3-11-25-50)63(64-59)48-22-8-2-9-23-48/h1-44H. The summed E-state index contributed by atoms with van der Waals surface area (Å²) in [5.41, 5.74) is 11.4. The zero-order chi connectivity index (χ0) is 43.9. The molecular formula is C63H44N2S. The highest BCUT2D eigenvalue weighted by Crippen LogP contribution is 2.73. The largest absolute Gasteiger partial charge is 0.292 e. The summed E-state index contributed by atoms with van der Waals surface area (Å²) >= 11 is 0. The SMILES string of the molecule is c1ccc(-c2ccc(S(c3ccccc3)(c3ccccc3)c3ccc(-c4c5ccccc5c(-c5ccc6nc(-c7ccccc7)n(-c7ccccc7)c6c5)c5ccccc45)cc3)cc2)cc1. The molecule has 1 heterocycles. The number of benzene rings is 11. The molecule has 0 N–H and O–H groups in total. The van der Waals surface area contributed by atoms with Gasteiger partial charge < -0.3 is 0 Å². The number of aromatic nitrogens is 2. The molecule has 0 aliphatic heterocycles.